The number of hydrogen-bond donors (Lipinski definition) is 0. The number of rotatable bonds is 2. The van der Waals surface area contributed by atoms with Gasteiger partial charge in [-0.3, -0.25) is 4.68 Å². The molecular weight excluding hydrogens is 160 g/mol. The monoisotopic (exact) mass is 173 g/mol. The van der Waals surface area contributed by atoms with Crippen molar-refractivity contribution in [3.63, 3.8) is 0 Å². The van der Waals surface area contributed by atoms with Gasteiger partial charge in [0.15, 0.2) is 0 Å². The van der Waals surface area contributed by atoms with Gasteiger partial charge in [-0.05, 0) is 19.4 Å². The van der Waals surface area contributed by atoms with Crippen molar-refractivity contribution in [3.05, 3.63) is 36.9 Å². The third kappa shape index (κ3) is 1.32. The Kier molecular flexibility index (Phi) is 2.05. The zero-order valence-electron chi connectivity index (χ0n) is 7.94. The molecule has 0 saturated carbocycles. The van der Waals surface area contributed by atoms with Gasteiger partial charge in [0.1, 0.15) is 0 Å². The first-order valence-electron chi connectivity index (χ1n) is 4.54. The van der Waals surface area contributed by atoms with Crippen LogP contribution in [0.15, 0.2) is 30.5 Å². The SMILES string of the molecule is C[CH]C(C)n1ncc2ccccc21. The van der Waals surface area contributed by atoms with Gasteiger partial charge in [0.2, 0.25) is 0 Å². The topological polar surface area (TPSA) is 17.8 Å². The Morgan fingerprint density at radius 2 is 2.15 bits per heavy atom. The van der Waals surface area contributed by atoms with Gasteiger partial charge >= 0.3 is 0 Å². The van der Waals surface area contributed by atoms with Crippen LogP contribution in [0.5, 0.6) is 0 Å². The van der Waals surface area contributed by atoms with Gasteiger partial charge in [-0.25, -0.2) is 0 Å². The maximum absolute atomic E-state index is 4.35. The smallest absolute Gasteiger partial charge is 0.0685 e. The van der Waals surface area contributed by atoms with E-state index in [4.69, 9.17) is 0 Å². The molecule has 13 heavy (non-hydrogen) atoms. The van der Waals surface area contributed by atoms with Gasteiger partial charge in [0.05, 0.1) is 17.8 Å². The van der Waals surface area contributed by atoms with Crippen molar-refractivity contribution in [2.75, 3.05) is 0 Å². The van der Waals surface area contributed by atoms with Gasteiger partial charge in [-0.15, -0.1) is 0 Å². The zero-order valence-corrected chi connectivity index (χ0v) is 7.94. The molecule has 1 atom stereocenters. The molecule has 2 rings (SSSR count). The van der Waals surface area contributed by atoms with E-state index in [0.717, 1.165) is 0 Å². The van der Waals surface area contributed by atoms with E-state index in [-0.39, 0.29) is 0 Å². The Morgan fingerprint density at radius 1 is 1.38 bits per heavy atom. The molecular formula is C11H13N2. The fourth-order valence-corrected chi connectivity index (χ4v) is 1.46. The minimum atomic E-state index is 0.361. The summed E-state index contributed by atoms with van der Waals surface area (Å²) in [5.41, 5.74) is 1.20. The first kappa shape index (κ1) is 8.30. The lowest BCUT2D eigenvalue weighted by Crippen LogP contribution is -2.05. The van der Waals surface area contributed by atoms with Crippen molar-refractivity contribution in [3.8, 4) is 0 Å². The Morgan fingerprint density at radius 3 is 2.92 bits per heavy atom. The predicted molar refractivity (Wildman–Crippen MR) is 54.4 cm³/mol. The van der Waals surface area contributed by atoms with E-state index in [9.17, 15) is 0 Å². The summed E-state index contributed by atoms with van der Waals surface area (Å²) >= 11 is 0. The van der Waals surface area contributed by atoms with Crippen LogP contribution >= 0.6 is 0 Å². The molecule has 0 saturated heterocycles. The molecule has 0 fully saturated rings. The zero-order chi connectivity index (χ0) is 9.26. The molecule has 0 aliphatic heterocycles. The second kappa shape index (κ2) is 3.21. The molecule has 0 amide bonds. The summed E-state index contributed by atoms with van der Waals surface area (Å²) in [7, 11) is 0. The lowest BCUT2D eigenvalue weighted by atomic mass is 10.2. The maximum atomic E-state index is 4.35. The lowest BCUT2D eigenvalue weighted by Gasteiger charge is -2.09. The average molecular weight is 173 g/mol. The van der Waals surface area contributed by atoms with Crippen LogP contribution in [-0.4, -0.2) is 9.78 Å². The number of nitrogens with zero attached hydrogens (tertiary/aromatic N) is 2. The Balaban J connectivity index is 2.57. The van der Waals surface area contributed by atoms with Gasteiger partial charge in [0, 0.05) is 5.39 Å². The van der Waals surface area contributed by atoms with Gasteiger partial charge < -0.3 is 0 Å². The van der Waals surface area contributed by atoms with Crippen molar-refractivity contribution < 1.29 is 0 Å². The highest BCUT2D eigenvalue weighted by Gasteiger charge is 2.06. The number of fused-ring (bicyclic) bond motifs is 1. The molecule has 1 aromatic carbocycles. The molecule has 1 radical (unpaired) electrons. The summed E-state index contributed by atoms with van der Waals surface area (Å²) in [5, 5.41) is 5.56. The molecule has 2 heteroatoms. The van der Waals surface area contributed by atoms with E-state index in [1.54, 1.807) is 0 Å². The second-order valence-corrected chi connectivity index (χ2v) is 3.22. The van der Waals surface area contributed by atoms with Crippen LogP contribution in [0.4, 0.5) is 0 Å². The number of hydrogen-bond acceptors (Lipinski definition) is 1. The van der Waals surface area contributed by atoms with Crippen molar-refractivity contribution >= 4 is 10.9 Å². The van der Waals surface area contributed by atoms with E-state index in [1.807, 2.05) is 23.0 Å². The molecule has 1 heterocycles. The highest BCUT2D eigenvalue weighted by molar-refractivity contribution is 5.78. The molecule has 67 valence electrons. The van der Waals surface area contributed by atoms with Crippen LogP contribution in [-0.2, 0) is 0 Å². The molecule has 0 spiro atoms. The molecule has 1 unspecified atom stereocenters. The van der Waals surface area contributed by atoms with Crippen molar-refractivity contribution in [1.29, 1.82) is 0 Å². The fraction of sp³-hybridized carbons (Fsp3) is 0.273. The Hall–Kier alpha value is -1.31. The normalized spacial score (nSPS) is 13.4. The van der Waals surface area contributed by atoms with Crippen LogP contribution in [0.25, 0.3) is 10.9 Å². The largest absolute Gasteiger partial charge is 0.262 e. The molecule has 0 N–H and O–H groups in total. The predicted octanol–water partition coefficient (Wildman–Crippen LogP) is 2.82. The minimum Gasteiger partial charge on any atom is -0.262 e. The Bertz CT molecular complexity index is 403. The van der Waals surface area contributed by atoms with Crippen molar-refractivity contribution in [2.24, 2.45) is 0 Å². The van der Waals surface area contributed by atoms with Crippen LogP contribution in [0, 0.1) is 6.42 Å². The summed E-state index contributed by atoms with van der Waals surface area (Å²) in [5.74, 6) is 0. The van der Waals surface area contributed by atoms with Gasteiger partial charge in [-0.2, -0.15) is 5.10 Å². The highest BCUT2D eigenvalue weighted by atomic mass is 15.3. The number of aromatic nitrogens is 2. The minimum absolute atomic E-state index is 0.361. The summed E-state index contributed by atoms with van der Waals surface area (Å²) in [6.45, 7) is 4.20. The molecule has 2 nitrogen and oxygen atoms in total. The van der Waals surface area contributed by atoms with E-state index in [1.165, 1.54) is 10.9 Å². The van der Waals surface area contributed by atoms with E-state index >= 15 is 0 Å². The Labute approximate surface area is 78.2 Å². The maximum Gasteiger partial charge on any atom is 0.0685 e. The summed E-state index contributed by atoms with van der Waals surface area (Å²) in [6.07, 6.45) is 4.05. The first-order chi connectivity index (χ1) is 6.33. The number of para-hydroxylation sites is 1. The van der Waals surface area contributed by atoms with Crippen LogP contribution in [0.1, 0.15) is 19.9 Å². The van der Waals surface area contributed by atoms with Gasteiger partial charge in [0.25, 0.3) is 0 Å². The number of benzene rings is 1. The van der Waals surface area contributed by atoms with E-state index < -0.39 is 0 Å². The summed E-state index contributed by atoms with van der Waals surface area (Å²) in [4.78, 5) is 0. The van der Waals surface area contributed by atoms with Crippen LogP contribution in [0.2, 0.25) is 0 Å². The lowest BCUT2D eigenvalue weighted by molar-refractivity contribution is 0.568. The summed E-state index contributed by atoms with van der Waals surface area (Å²) in [6, 6.07) is 8.63. The van der Waals surface area contributed by atoms with Gasteiger partial charge in [-0.1, -0.05) is 25.1 Å². The highest BCUT2D eigenvalue weighted by Crippen LogP contribution is 2.18. The van der Waals surface area contributed by atoms with E-state index in [2.05, 4.69) is 37.5 Å². The fourth-order valence-electron chi connectivity index (χ4n) is 1.46. The third-order valence-corrected chi connectivity index (χ3v) is 2.37. The standard InChI is InChI=1S/C11H13N2/c1-3-9(2)13-11-7-5-4-6-10(11)8-12-13/h3-9H,1-2H3. The van der Waals surface area contributed by atoms with E-state index in [0.29, 0.717) is 6.04 Å². The summed E-state index contributed by atoms with van der Waals surface area (Å²) < 4.78 is 2.04. The molecule has 0 bridgehead atoms. The van der Waals surface area contributed by atoms with Crippen LogP contribution < -0.4 is 0 Å². The third-order valence-electron chi connectivity index (χ3n) is 2.37. The molecule has 2 aromatic rings. The molecule has 0 aliphatic rings. The second-order valence-electron chi connectivity index (χ2n) is 3.22. The van der Waals surface area contributed by atoms with Crippen molar-refractivity contribution in [1.82, 2.24) is 9.78 Å². The first-order valence-corrected chi connectivity index (χ1v) is 4.54. The molecule has 1 aromatic heterocycles. The molecule has 0 aliphatic carbocycles. The quantitative estimate of drug-likeness (QED) is 0.682. The van der Waals surface area contributed by atoms with Crippen LogP contribution in [0.3, 0.4) is 0 Å². The average Bonchev–Trinajstić information content (AvgIpc) is 2.60. The van der Waals surface area contributed by atoms with Crippen molar-refractivity contribution in [2.45, 2.75) is 19.9 Å².